The fourth-order valence-corrected chi connectivity index (χ4v) is 2.90. The zero-order chi connectivity index (χ0) is 18.3. The monoisotopic (exact) mass is 367 g/mol. The van der Waals surface area contributed by atoms with Crippen molar-refractivity contribution in [3.63, 3.8) is 0 Å². The number of rotatable bonds is 3. The number of hydrogen-bond donors (Lipinski definition) is 1. The second-order valence-electron chi connectivity index (χ2n) is 5.85. The van der Waals surface area contributed by atoms with Gasteiger partial charge in [-0.2, -0.15) is 0 Å². The zero-order valence-corrected chi connectivity index (χ0v) is 14.6. The van der Waals surface area contributed by atoms with Crippen LogP contribution in [0.25, 0.3) is 22.5 Å². The van der Waals surface area contributed by atoms with Crippen molar-refractivity contribution in [1.29, 1.82) is 0 Å². The first kappa shape index (κ1) is 16.3. The van der Waals surface area contributed by atoms with Crippen LogP contribution >= 0.6 is 11.6 Å². The van der Waals surface area contributed by atoms with E-state index in [9.17, 15) is 4.79 Å². The fourth-order valence-electron chi connectivity index (χ4n) is 2.74. The van der Waals surface area contributed by atoms with Crippen LogP contribution in [0.1, 0.15) is 11.6 Å². The van der Waals surface area contributed by atoms with E-state index in [1.165, 1.54) is 4.57 Å². The molecule has 0 bridgehead atoms. The molecule has 4 rings (SSSR count). The van der Waals surface area contributed by atoms with Gasteiger partial charge in [0.2, 0.25) is 11.8 Å². The van der Waals surface area contributed by atoms with Crippen molar-refractivity contribution in [3.8, 4) is 11.5 Å². The summed E-state index contributed by atoms with van der Waals surface area (Å²) in [6.07, 6.45) is 0. The van der Waals surface area contributed by atoms with Gasteiger partial charge in [0.25, 0.3) is 5.56 Å². The summed E-state index contributed by atoms with van der Waals surface area (Å²) in [6.45, 7) is 1.78. The smallest absolute Gasteiger partial charge is 0.272 e. The van der Waals surface area contributed by atoms with Gasteiger partial charge in [0, 0.05) is 16.3 Å². The first-order valence-electron chi connectivity index (χ1n) is 7.86. The van der Waals surface area contributed by atoms with Crippen LogP contribution in [-0.4, -0.2) is 19.7 Å². The summed E-state index contributed by atoms with van der Waals surface area (Å²) in [5, 5.41) is 8.61. The lowest BCUT2D eigenvalue weighted by atomic mass is 10.2. The number of nitrogens with zero attached hydrogens (tertiary/aromatic N) is 4. The van der Waals surface area contributed by atoms with E-state index in [0.717, 1.165) is 5.56 Å². The summed E-state index contributed by atoms with van der Waals surface area (Å²) in [5.74, 6) is 0.643. The van der Waals surface area contributed by atoms with Crippen molar-refractivity contribution in [3.05, 3.63) is 69.4 Å². The largest absolute Gasteiger partial charge is 0.419 e. The molecule has 26 heavy (non-hydrogen) atoms. The minimum Gasteiger partial charge on any atom is -0.419 e. The molecule has 0 saturated heterocycles. The van der Waals surface area contributed by atoms with Gasteiger partial charge in [-0.25, -0.2) is 4.98 Å². The van der Waals surface area contributed by atoms with Gasteiger partial charge in [-0.05, 0) is 43.3 Å². The number of fused-ring (bicyclic) bond motifs is 1. The molecule has 4 aromatic rings. The van der Waals surface area contributed by atoms with E-state index in [-0.39, 0.29) is 12.1 Å². The number of hydrogen-bond acceptors (Lipinski definition) is 6. The highest BCUT2D eigenvalue weighted by molar-refractivity contribution is 6.31. The lowest BCUT2D eigenvalue weighted by Crippen LogP contribution is -2.24. The van der Waals surface area contributed by atoms with Gasteiger partial charge >= 0.3 is 0 Å². The van der Waals surface area contributed by atoms with E-state index in [2.05, 4.69) is 15.2 Å². The summed E-state index contributed by atoms with van der Waals surface area (Å²) in [6, 6.07) is 12.3. The molecule has 130 valence electrons. The average molecular weight is 368 g/mol. The third-order valence-corrected chi connectivity index (χ3v) is 4.20. The molecule has 0 atom stereocenters. The summed E-state index contributed by atoms with van der Waals surface area (Å²) in [5.41, 5.74) is 8.53. The molecular formula is C18H14ClN5O2. The SMILES string of the molecule is Cc1nc2ccc(Cl)cc2n(Cc2nnc(-c3cccc(N)c3)o2)c1=O. The lowest BCUT2D eigenvalue weighted by molar-refractivity contribution is 0.487. The van der Waals surface area contributed by atoms with Crippen LogP contribution < -0.4 is 11.3 Å². The Labute approximate surface area is 153 Å². The number of aryl methyl sites for hydroxylation is 1. The number of nitrogens with two attached hydrogens (primary N) is 1. The molecule has 0 amide bonds. The van der Waals surface area contributed by atoms with E-state index < -0.39 is 0 Å². The number of aromatic nitrogens is 4. The van der Waals surface area contributed by atoms with Crippen molar-refractivity contribution in [1.82, 2.24) is 19.7 Å². The van der Waals surface area contributed by atoms with Gasteiger partial charge < -0.3 is 10.2 Å². The van der Waals surface area contributed by atoms with Crippen molar-refractivity contribution < 1.29 is 4.42 Å². The van der Waals surface area contributed by atoms with Crippen molar-refractivity contribution in [2.75, 3.05) is 5.73 Å². The number of anilines is 1. The first-order valence-corrected chi connectivity index (χ1v) is 8.24. The molecule has 8 heteroatoms. The minimum absolute atomic E-state index is 0.119. The molecular weight excluding hydrogens is 354 g/mol. The van der Waals surface area contributed by atoms with Crippen LogP contribution in [0.2, 0.25) is 5.02 Å². The van der Waals surface area contributed by atoms with E-state index in [4.69, 9.17) is 21.8 Å². The number of benzene rings is 2. The second kappa shape index (κ2) is 6.27. The molecule has 0 saturated carbocycles. The minimum atomic E-state index is -0.233. The Hall–Kier alpha value is -3.19. The van der Waals surface area contributed by atoms with Crippen LogP contribution in [0.5, 0.6) is 0 Å². The van der Waals surface area contributed by atoms with Gasteiger partial charge in [-0.15, -0.1) is 10.2 Å². The van der Waals surface area contributed by atoms with E-state index in [0.29, 0.717) is 39.2 Å². The van der Waals surface area contributed by atoms with Crippen LogP contribution in [0.15, 0.2) is 51.7 Å². The Morgan fingerprint density at radius 2 is 2.04 bits per heavy atom. The molecule has 0 aliphatic rings. The van der Waals surface area contributed by atoms with Gasteiger partial charge in [0.1, 0.15) is 12.2 Å². The average Bonchev–Trinajstić information content (AvgIpc) is 3.08. The molecule has 0 aliphatic carbocycles. The Balaban J connectivity index is 1.78. The van der Waals surface area contributed by atoms with Crippen LogP contribution in [-0.2, 0) is 6.54 Å². The second-order valence-corrected chi connectivity index (χ2v) is 6.28. The van der Waals surface area contributed by atoms with E-state index >= 15 is 0 Å². The molecule has 0 aliphatic heterocycles. The fraction of sp³-hybridized carbons (Fsp3) is 0.111. The lowest BCUT2D eigenvalue weighted by Gasteiger charge is -2.09. The molecule has 2 aromatic heterocycles. The molecule has 2 aromatic carbocycles. The molecule has 0 radical (unpaired) electrons. The third kappa shape index (κ3) is 2.93. The van der Waals surface area contributed by atoms with Gasteiger partial charge in [-0.3, -0.25) is 9.36 Å². The highest BCUT2D eigenvalue weighted by Gasteiger charge is 2.14. The molecule has 7 nitrogen and oxygen atoms in total. The Morgan fingerprint density at radius 3 is 2.85 bits per heavy atom. The molecule has 0 spiro atoms. The first-order chi connectivity index (χ1) is 12.5. The van der Waals surface area contributed by atoms with Gasteiger partial charge in [0.05, 0.1) is 11.0 Å². The molecule has 2 N–H and O–H groups in total. The Kier molecular flexibility index (Phi) is 3.93. The summed E-state index contributed by atoms with van der Waals surface area (Å²) in [7, 11) is 0. The predicted octanol–water partition coefficient (Wildman–Crippen LogP) is 3.04. The predicted molar refractivity (Wildman–Crippen MR) is 99.0 cm³/mol. The topological polar surface area (TPSA) is 99.8 Å². The zero-order valence-electron chi connectivity index (χ0n) is 13.8. The van der Waals surface area contributed by atoms with Crippen molar-refractivity contribution in [2.45, 2.75) is 13.5 Å². The van der Waals surface area contributed by atoms with Gasteiger partial charge in [-0.1, -0.05) is 17.7 Å². The molecule has 0 unspecified atom stereocenters. The standard InChI is InChI=1S/C18H14ClN5O2/c1-10-18(25)24(15-8-12(19)5-6-14(15)21-10)9-16-22-23-17(26-16)11-3-2-4-13(20)7-11/h2-8H,9,20H2,1H3. The summed E-state index contributed by atoms with van der Waals surface area (Å²) < 4.78 is 7.24. The normalized spacial score (nSPS) is 11.2. The quantitative estimate of drug-likeness (QED) is 0.558. The van der Waals surface area contributed by atoms with E-state index in [1.54, 1.807) is 43.3 Å². The van der Waals surface area contributed by atoms with Crippen LogP contribution in [0, 0.1) is 6.92 Å². The Bertz CT molecular complexity index is 1180. The number of nitrogen functional groups attached to an aromatic ring is 1. The number of halogens is 1. The summed E-state index contributed by atoms with van der Waals surface area (Å²) in [4.78, 5) is 16.9. The van der Waals surface area contributed by atoms with Crippen LogP contribution in [0.3, 0.4) is 0 Å². The van der Waals surface area contributed by atoms with Crippen LogP contribution in [0.4, 0.5) is 5.69 Å². The van der Waals surface area contributed by atoms with Crippen molar-refractivity contribution >= 4 is 28.3 Å². The van der Waals surface area contributed by atoms with Crippen molar-refractivity contribution in [2.24, 2.45) is 0 Å². The highest BCUT2D eigenvalue weighted by Crippen LogP contribution is 2.21. The molecule has 2 heterocycles. The Morgan fingerprint density at radius 1 is 1.19 bits per heavy atom. The third-order valence-electron chi connectivity index (χ3n) is 3.96. The maximum Gasteiger partial charge on any atom is 0.272 e. The maximum atomic E-state index is 12.6. The van der Waals surface area contributed by atoms with E-state index in [1.807, 2.05) is 6.07 Å². The van der Waals surface area contributed by atoms with Gasteiger partial charge in [0.15, 0.2) is 0 Å². The summed E-state index contributed by atoms with van der Waals surface area (Å²) >= 11 is 6.08. The molecule has 0 fully saturated rings. The maximum absolute atomic E-state index is 12.6. The highest BCUT2D eigenvalue weighted by atomic mass is 35.5.